The number of hydrogen-bond donors (Lipinski definition) is 2. The van der Waals surface area contributed by atoms with Crippen LogP contribution >= 0.6 is 0 Å². The molecule has 0 radical (unpaired) electrons. The van der Waals surface area contributed by atoms with E-state index >= 15 is 0 Å². The van der Waals surface area contributed by atoms with Crippen molar-refractivity contribution in [2.45, 2.75) is 110 Å². The van der Waals surface area contributed by atoms with Crippen molar-refractivity contribution in [2.24, 2.45) is 0 Å². The molecule has 0 amide bonds. The maximum Gasteiger partial charge on any atom is 0.130 e. The summed E-state index contributed by atoms with van der Waals surface area (Å²) in [5.41, 5.74) is 23.4. The van der Waals surface area contributed by atoms with Gasteiger partial charge in [-0.1, -0.05) is 81.1 Å². The summed E-state index contributed by atoms with van der Waals surface area (Å²) >= 11 is 0. The quantitative estimate of drug-likeness (QED) is 0.0959. The summed E-state index contributed by atoms with van der Waals surface area (Å²) in [4.78, 5) is 0. The molecule has 4 nitrogen and oxygen atoms in total. The van der Waals surface area contributed by atoms with Crippen LogP contribution in [0.5, 0.6) is 23.0 Å². The molecule has 1 saturated carbocycles. The molecule has 266 valence electrons. The van der Waals surface area contributed by atoms with E-state index in [2.05, 4.69) is 81.4 Å². The maximum atomic E-state index is 6.44. The van der Waals surface area contributed by atoms with E-state index < -0.39 is 0 Å². The largest absolute Gasteiger partial charge is 0.457 e. The van der Waals surface area contributed by atoms with Crippen LogP contribution in [-0.4, -0.2) is 0 Å². The lowest BCUT2D eigenvalue weighted by Gasteiger charge is -2.42. The van der Waals surface area contributed by atoms with E-state index in [1.807, 2.05) is 50.2 Å². The normalized spacial score (nSPS) is 14.4. The van der Waals surface area contributed by atoms with Crippen LogP contribution in [0.3, 0.4) is 0 Å². The third-order valence-electron chi connectivity index (χ3n) is 11.1. The Morgan fingerprint density at radius 3 is 1.55 bits per heavy atom. The van der Waals surface area contributed by atoms with Gasteiger partial charge in [0, 0.05) is 16.8 Å². The molecule has 1 aliphatic carbocycles. The van der Waals surface area contributed by atoms with Crippen molar-refractivity contribution in [3.63, 3.8) is 0 Å². The highest BCUT2D eigenvalue weighted by molar-refractivity contribution is 5.53. The standard InChI is InChI=1S/C47H56N2O2/c1-6-7-8-9-10-12-36-13-11-14-38(31-36)37-23-25-47(26-24-37,39-15-19-43(32(2)27-39)50-45-21-17-41(48)29-34(45)4)40-16-20-44(33(3)28-40)51-46-22-18-42(49)30-35(46)5/h11,13-22,27-31,37H,6-10,12,23-26,48-49H2,1-5H3. The maximum absolute atomic E-state index is 6.44. The Morgan fingerprint density at radius 1 is 0.569 bits per heavy atom. The average Bonchev–Trinajstić information content (AvgIpc) is 3.12. The number of anilines is 2. The van der Waals surface area contributed by atoms with Gasteiger partial charge in [-0.15, -0.1) is 0 Å². The summed E-state index contributed by atoms with van der Waals surface area (Å²) in [6.07, 6.45) is 12.2. The van der Waals surface area contributed by atoms with Gasteiger partial charge in [0.05, 0.1) is 0 Å². The van der Waals surface area contributed by atoms with Gasteiger partial charge in [0.25, 0.3) is 0 Å². The average molecular weight is 681 g/mol. The van der Waals surface area contributed by atoms with Gasteiger partial charge in [-0.25, -0.2) is 0 Å². The van der Waals surface area contributed by atoms with Crippen LogP contribution in [0.25, 0.3) is 0 Å². The van der Waals surface area contributed by atoms with E-state index in [9.17, 15) is 0 Å². The van der Waals surface area contributed by atoms with E-state index in [1.165, 1.54) is 60.8 Å². The molecular weight excluding hydrogens is 625 g/mol. The Hall–Kier alpha value is -4.70. The molecule has 1 aliphatic rings. The second kappa shape index (κ2) is 16.1. The van der Waals surface area contributed by atoms with Gasteiger partial charge in [-0.3, -0.25) is 0 Å². The number of hydrogen-bond acceptors (Lipinski definition) is 4. The second-order valence-electron chi connectivity index (χ2n) is 15.0. The Balaban J connectivity index is 1.28. The molecule has 0 unspecified atom stereocenters. The number of rotatable bonds is 13. The minimum Gasteiger partial charge on any atom is -0.457 e. The molecule has 0 bridgehead atoms. The lowest BCUT2D eigenvalue weighted by molar-refractivity contribution is 0.314. The molecule has 51 heavy (non-hydrogen) atoms. The smallest absolute Gasteiger partial charge is 0.130 e. The molecule has 0 heterocycles. The molecule has 0 saturated heterocycles. The molecule has 5 aromatic carbocycles. The Bertz CT molecular complexity index is 1850. The van der Waals surface area contributed by atoms with E-state index in [4.69, 9.17) is 20.9 Å². The van der Waals surface area contributed by atoms with Crippen molar-refractivity contribution in [1.29, 1.82) is 0 Å². The number of unbranched alkanes of at least 4 members (excludes halogenated alkanes) is 4. The van der Waals surface area contributed by atoms with E-state index in [0.717, 1.165) is 82.3 Å². The van der Waals surface area contributed by atoms with Crippen molar-refractivity contribution in [3.8, 4) is 23.0 Å². The summed E-state index contributed by atoms with van der Waals surface area (Å²) in [6, 6.07) is 34.7. The van der Waals surface area contributed by atoms with Crippen LogP contribution in [0.1, 0.15) is 115 Å². The number of benzene rings is 5. The van der Waals surface area contributed by atoms with Crippen molar-refractivity contribution in [1.82, 2.24) is 0 Å². The predicted octanol–water partition coefficient (Wildman–Crippen LogP) is 12.8. The van der Waals surface area contributed by atoms with E-state index in [-0.39, 0.29) is 5.41 Å². The number of nitrogen functional groups attached to an aromatic ring is 2. The summed E-state index contributed by atoms with van der Waals surface area (Å²) in [5, 5.41) is 0. The lowest BCUT2D eigenvalue weighted by atomic mass is 9.62. The van der Waals surface area contributed by atoms with Gasteiger partial charge < -0.3 is 20.9 Å². The van der Waals surface area contributed by atoms with Gasteiger partial charge in [0.15, 0.2) is 0 Å². The zero-order valence-corrected chi connectivity index (χ0v) is 31.4. The number of aryl methyl sites for hydroxylation is 5. The van der Waals surface area contributed by atoms with Crippen LogP contribution in [0.2, 0.25) is 0 Å². The van der Waals surface area contributed by atoms with Crippen molar-refractivity contribution < 1.29 is 9.47 Å². The molecule has 0 atom stereocenters. The number of ether oxygens (including phenoxy) is 2. The van der Waals surface area contributed by atoms with Crippen LogP contribution in [0, 0.1) is 27.7 Å². The van der Waals surface area contributed by atoms with Crippen LogP contribution in [0.15, 0.2) is 97.1 Å². The van der Waals surface area contributed by atoms with Crippen molar-refractivity contribution in [2.75, 3.05) is 11.5 Å². The van der Waals surface area contributed by atoms with Crippen LogP contribution in [-0.2, 0) is 11.8 Å². The minimum absolute atomic E-state index is 0.117. The highest BCUT2D eigenvalue weighted by Gasteiger charge is 2.39. The molecule has 6 rings (SSSR count). The zero-order valence-electron chi connectivity index (χ0n) is 31.4. The Morgan fingerprint density at radius 2 is 1.06 bits per heavy atom. The fraction of sp³-hybridized carbons (Fsp3) is 0.362. The summed E-state index contributed by atoms with van der Waals surface area (Å²) in [7, 11) is 0. The molecule has 0 spiro atoms. The molecule has 4 N–H and O–H groups in total. The number of nitrogens with two attached hydrogens (primary N) is 2. The summed E-state index contributed by atoms with van der Waals surface area (Å²) < 4.78 is 12.9. The van der Waals surface area contributed by atoms with Crippen LogP contribution in [0.4, 0.5) is 11.4 Å². The minimum atomic E-state index is -0.117. The van der Waals surface area contributed by atoms with Gasteiger partial charge in [-0.05, 0) is 165 Å². The topological polar surface area (TPSA) is 70.5 Å². The molecule has 0 aliphatic heterocycles. The third-order valence-corrected chi connectivity index (χ3v) is 11.1. The SMILES string of the molecule is CCCCCCCc1cccc(C2CCC(c3ccc(Oc4ccc(N)cc4C)c(C)c3)(c3ccc(Oc4ccc(N)cc4C)c(C)c3)CC2)c1. The van der Waals surface area contributed by atoms with Gasteiger partial charge in [0.2, 0.25) is 0 Å². The Kier molecular flexibility index (Phi) is 11.4. The van der Waals surface area contributed by atoms with Gasteiger partial charge >= 0.3 is 0 Å². The zero-order chi connectivity index (χ0) is 36.0. The third kappa shape index (κ3) is 8.44. The van der Waals surface area contributed by atoms with Gasteiger partial charge in [-0.2, -0.15) is 0 Å². The molecule has 1 fully saturated rings. The van der Waals surface area contributed by atoms with Crippen molar-refractivity contribution >= 4 is 11.4 Å². The molecule has 5 aromatic rings. The first-order valence-electron chi connectivity index (χ1n) is 19.0. The second-order valence-corrected chi connectivity index (χ2v) is 15.0. The fourth-order valence-electron chi connectivity index (χ4n) is 8.06. The highest BCUT2D eigenvalue weighted by Crippen LogP contribution is 2.50. The van der Waals surface area contributed by atoms with E-state index in [0.29, 0.717) is 5.92 Å². The van der Waals surface area contributed by atoms with Crippen LogP contribution < -0.4 is 20.9 Å². The Labute approximate surface area is 306 Å². The summed E-state index contributed by atoms with van der Waals surface area (Å²) in [5.74, 6) is 3.98. The fourth-order valence-corrected chi connectivity index (χ4v) is 8.06. The first-order chi connectivity index (χ1) is 24.6. The monoisotopic (exact) mass is 680 g/mol. The molecular formula is C47H56N2O2. The van der Waals surface area contributed by atoms with Gasteiger partial charge in [0.1, 0.15) is 23.0 Å². The first kappa shape index (κ1) is 36.1. The molecule has 4 heteroatoms. The first-order valence-corrected chi connectivity index (χ1v) is 19.0. The molecule has 0 aromatic heterocycles. The lowest BCUT2D eigenvalue weighted by Crippen LogP contribution is -2.33. The predicted molar refractivity (Wildman–Crippen MR) is 215 cm³/mol. The summed E-state index contributed by atoms with van der Waals surface area (Å²) in [6.45, 7) is 10.7. The van der Waals surface area contributed by atoms with E-state index in [1.54, 1.807) is 0 Å². The van der Waals surface area contributed by atoms with Crippen molar-refractivity contribution in [3.05, 3.63) is 142 Å². The highest BCUT2D eigenvalue weighted by atomic mass is 16.5.